The molecule has 0 atom stereocenters. The minimum atomic E-state index is -0.850. The summed E-state index contributed by atoms with van der Waals surface area (Å²) in [6, 6.07) is 0. The van der Waals surface area contributed by atoms with Gasteiger partial charge in [0.25, 0.3) is 0 Å². The topological polar surface area (TPSA) is 63.6 Å². The maximum atomic E-state index is 11.4. The first-order valence-electron chi connectivity index (χ1n) is 9.26. The Bertz CT molecular complexity index is 563. The van der Waals surface area contributed by atoms with Crippen LogP contribution in [0.25, 0.3) is 0 Å². The van der Waals surface area contributed by atoms with Crippen molar-refractivity contribution in [1.29, 1.82) is 0 Å². The van der Waals surface area contributed by atoms with Crippen molar-refractivity contribution >= 4 is 11.9 Å². The van der Waals surface area contributed by atoms with E-state index in [4.69, 9.17) is 4.74 Å². The highest BCUT2D eigenvalue weighted by Crippen LogP contribution is 2.13. The summed E-state index contributed by atoms with van der Waals surface area (Å²) in [4.78, 5) is 22.1. The lowest BCUT2D eigenvalue weighted by molar-refractivity contribution is -0.139. The number of ether oxygens (including phenoxy) is 1. The predicted molar refractivity (Wildman–Crippen MR) is 107 cm³/mol. The molecule has 0 amide bonds. The number of aliphatic carboxylic acids is 1. The summed E-state index contributed by atoms with van der Waals surface area (Å²) in [6.45, 7) is 9.97. The molecule has 1 N–H and O–H groups in total. The van der Waals surface area contributed by atoms with E-state index in [1.165, 1.54) is 12.5 Å². The van der Waals surface area contributed by atoms with Gasteiger partial charge < -0.3 is 9.84 Å². The number of hydrogen-bond donors (Lipinski definition) is 1. The van der Waals surface area contributed by atoms with Gasteiger partial charge in [-0.2, -0.15) is 0 Å². The molecule has 0 saturated heterocycles. The molecule has 0 aromatic carbocycles. The largest absolute Gasteiger partial charge is 0.478 e. The summed E-state index contributed by atoms with van der Waals surface area (Å²) < 4.78 is 4.86. The zero-order chi connectivity index (χ0) is 19.9. The van der Waals surface area contributed by atoms with Crippen molar-refractivity contribution in [3.05, 3.63) is 47.1 Å². The predicted octanol–water partition coefficient (Wildman–Crippen LogP) is 5.62. The lowest BCUT2D eigenvalue weighted by atomic mass is 10.0. The van der Waals surface area contributed by atoms with E-state index in [0.717, 1.165) is 24.8 Å². The first kappa shape index (κ1) is 23.9. The van der Waals surface area contributed by atoms with Crippen LogP contribution in [-0.2, 0) is 14.3 Å². The second-order valence-corrected chi connectivity index (χ2v) is 6.89. The number of carboxylic acids is 1. The summed E-state index contributed by atoms with van der Waals surface area (Å²) in [5.41, 5.74) is 2.80. The minimum absolute atomic E-state index is 0.270. The van der Waals surface area contributed by atoms with Crippen molar-refractivity contribution < 1.29 is 19.4 Å². The second-order valence-electron chi connectivity index (χ2n) is 6.89. The van der Waals surface area contributed by atoms with Gasteiger partial charge in [0.1, 0.15) is 6.61 Å². The Morgan fingerprint density at radius 3 is 2.19 bits per heavy atom. The molecule has 0 aromatic heterocycles. The number of carboxylic acid groups (broad SMARTS) is 1. The van der Waals surface area contributed by atoms with Crippen molar-refractivity contribution in [2.45, 2.75) is 66.7 Å². The molecule has 0 aliphatic heterocycles. The van der Waals surface area contributed by atoms with E-state index in [9.17, 15) is 14.7 Å². The highest BCUT2D eigenvalue weighted by molar-refractivity contribution is 5.86. The van der Waals surface area contributed by atoms with Crippen LogP contribution in [0.2, 0.25) is 0 Å². The van der Waals surface area contributed by atoms with Gasteiger partial charge in [-0.05, 0) is 57.9 Å². The van der Waals surface area contributed by atoms with Crippen LogP contribution in [0, 0.1) is 5.92 Å². The monoisotopic (exact) mass is 362 g/mol. The molecule has 0 radical (unpaired) electrons. The quantitative estimate of drug-likeness (QED) is 0.278. The third kappa shape index (κ3) is 14.3. The fraction of sp³-hybridized carbons (Fsp3) is 0.545. The van der Waals surface area contributed by atoms with Gasteiger partial charge in [-0.25, -0.2) is 4.79 Å². The molecular formula is C22H34O4. The number of carbonyl (C=O) groups is 2. The van der Waals surface area contributed by atoms with E-state index in [0.29, 0.717) is 24.3 Å². The third-order valence-corrected chi connectivity index (χ3v) is 3.79. The zero-order valence-corrected chi connectivity index (χ0v) is 16.9. The molecule has 4 nitrogen and oxygen atoms in total. The van der Waals surface area contributed by atoms with Gasteiger partial charge in [-0.3, -0.25) is 4.79 Å². The maximum absolute atomic E-state index is 11.4. The van der Waals surface area contributed by atoms with Crippen LogP contribution >= 0.6 is 0 Å². The zero-order valence-electron chi connectivity index (χ0n) is 16.9. The normalized spacial score (nSPS) is 13.5. The molecule has 0 bridgehead atoms. The highest BCUT2D eigenvalue weighted by Gasteiger charge is 2.05. The Morgan fingerprint density at radius 2 is 1.62 bits per heavy atom. The summed E-state index contributed by atoms with van der Waals surface area (Å²) in [5, 5.41) is 9.34. The van der Waals surface area contributed by atoms with Gasteiger partial charge in [0, 0.05) is 12.5 Å². The highest BCUT2D eigenvalue weighted by atomic mass is 16.5. The van der Waals surface area contributed by atoms with Crippen molar-refractivity contribution in [2.24, 2.45) is 5.92 Å². The lowest BCUT2D eigenvalue weighted by Crippen LogP contribution is -2.00. The number of esters is 1. The van der Waals surface area contributed by atoms with E-state index >= 15 is 0 Å². The van der Waals surface area contributed by atoms with Crippen LogP contribution in [0.3, 0.4) is 0 Å². The summed E-state index contributed by atoms with van der Waals surface area (Å²) in [6.07, 6.45) is 13.7. The molecule has 146 valence electrons. The Balaban J connectivity index is 4.40. The van der Waals surface area contributed by atoms with Crippen molar-refractivity contribution in [3.63, 3.8) is 0 Å². The molecule has 26 heavy (non-hydrogen) atoms. The van der Waals surface area contributed by atoms with E-state index in [1.807, 2.05) is 13.0 Å². The van der Waals surface area contributed by atoms with E-state index in [-0.39, 0.29) is 12.6 Å². The fourth-order valence-corrected chi connectivity index (χ4v) is 2.26. The maximum Gasteiger partial charge on any atom is 0.331 e. The van der Waals surface area contributed by atoms with Crippen molar-refractivity contribution in [1.82, 2.24) is 0 Å². The van der Waals surface area contributed by atoms with E-state index in [1.54, 1.807) is 6.08 Å². The number of allylic oxidation sites excluding steroid dienone is 6. The smallest absolute Gasteiger partial charge is 0.331 e. The summed E-state index contributed by atoms with van der Waals surface area (Å²) in [5.74, 6) is -0.599. The minimum Gasteiger partial charge on any atom is -0.478 e. The molecule has 4 heteroatoms. The van der Waals surface area contributed by atoms with Gasteiger partial charge in [-0.1, -0.05) is 49.3 Å². The molecule has 0 spiro atoms. The van der Waals surface area contributed by atoms with E-state index in [2.05, 4.69) is 39.0 Å². The summed E-state index contributed by atoms with van der Waals surface area (Å²) >= 11 is 0. The van der Waals surface area contributed by atoms with Gasteiger partial charge in [-0.15, -0.1) is 0 Å². The Labute approximate surface area is 158 Å². The summed E-state index contributed by atoms with van der Waals surface area (Å²) in [7, 11) is 0. The van der Waals surface area contributed by atoms with Gasteiger partial charge in [0.15, 0.2) is 0 Å². The first-order valence-corrected chi connectivity index (χ1v) is 9.26. The third-order valence-electron chi connectivity index (χ3n) is 3.79. The van der Waals surface area contributed by atoms with E-state index < -0.39 is 5.97 Å². The SMILES string of the molecule is CC(=O)OC/C=C(\C)CC/C=C(\CC/C=C(\C)C/C=C/C(C)C)C(=O)O. The van der Waals surface area contributed by atoms with Crippen molar-refractivity contribution in [2.75, 3.05) is 6.61 Å². The van der Waals surface area contributed by atoms with Crippen LogP contribution in [0.4, 0.5) is 0 Å². The molecule has 0 aliphatic rings. The van der Waals surface area contributed by atoms with Crippen LogP contribution in [0.5, 0.6) is 0 Å². The lowest BCUT2D eigenvalue weighted by Gasteiger charge is -2.03. The molecule has 0 saturated carbocycles. The molecule has 0 fully saturated rings. The fourth-order valence-electron chi connectivity index (χ4n) is 2.26. The first-order chi connectivity index (χ1) is 12.2. The molecular weight excluding hydrogens is 328 g/mol. The van der Waals surface area contributed by atoms with Crippen LogP contribution in [0.1, 0.15) is 66.7 Å². The van der Waals surface area contributed by atoms with Crippen LogP contribution in [-0.4, -0.2) is 23.7 Å². The average Bonchev–Trinajstić information content (AvgIpc) is 2.52. The van der Waals surface area contributed by atoms with Crippen LogP contribution < -0.4 is 0 Å². The Hall–Kier alpha value is -2.10. The standard InChI is InChI=1S/C22H34O4/c1-17(2)9-6-10-18(3)11-7-13-21(22(24)25)14-8-12-19(4)15-16-26-20(5)23/h6,9,11,14-15,17H,7-8,10,12-13,16H2,1-5H3,(H,24,25)/b9-6+,18-11+,19-15+,21-14+. The average molecular weight is 363 g/mol. The molecule has 0 heterocycles. The van der Waals surface area contributed by atoms with Gasteiger partial charge in [0.2, 0.25) is 0 Å². The number of hydrogen-bond acceptors (Lipinski definition) is 3. The van der Waals surface area contributed by atoms with Gasteiger partial charge in [0.05, 0.1) is 0 Å². The molecule has 0 rings (SSSR count). The Kier molecular flexibility index (Phi) is 13.0. The van der Waals surface area contributed by atoms with Crippen LogP contribution in [0.15, 0.2) is 47.1 Å². The second kappa shape index (κ2) is 14.1. The van der Waals surface area contributed by atoms with Gasteiger partial charge >= 0.3 is 11.9 Å². The molecule has 0 unspecified atom stereocenters. The van der Waals surface area contributed by atoms with Crippen molar-refractivity contribution in [3.8, 4) is 0 Å². The number of carbonyl (C=O) groups excluding carboxylic acids is 1. The Morgan fingerprint density at radius 1 is 0.962 bits per heavy atom. The number of rotatable bonds is 12. The molecule has 0 aromatic rings. The molecule has 0 aliphatic carbocycles.